The molecule has 0 saturated carbocycles. The second kappa shape index (κ2) is 6.53. The van der Waals surface area contributed by atoms with Crippen molar-refractivity contribution >= 4 is 23.6 Å². The van der Waals surface area contributed by atoms with Crippen LogP contribution in [-0.4, -0.2) is 40.5 Å². The third kappa shape index (κ3) is 3.23. The van der Waals surface area contributed by atoms with Gasteiger partial charge in [0.25, 0.3) is 0 Å². The summed E-state index contributed by atoms with van der Waals surface area (Å²) in [6.45, 7) is 3.12. The number of rotatable bonds is 5. The average molecular weight is 334 g/mol. The van der Waals surface area contributed by atoms with Gasteiger partial charge in [0.15, 0.2) is 0 Å². The lowest BCUT2D eigenvalue weighted by Crippen LogP contribution is -2.49. The maximum absolute atomic E-state index is 12.5. The van der Waals surface area contributed by atoms with Gasteiger partial charge in [-0.3, -0.25) is 9.59 Å². The van der Waals surface area contributed by atoms with Crippen LogP contribution in [0.25, 0.3) is 0 Å². The summed E-state index contributed by atoms with van der Waals surface area (Å²) in [5, 5.41) is 2.97. The average Bonchev–Trinajstić information content (AvgIpc) is 3.03. The highest BCUT2D eigenvalue weighted by Gasteiger charge is 2.52. The van der Waals surface area contributed by atoms with Gasteiger partial charge in [-0.2, -0.15) is 0 Å². The molecule has 2 aliphatic rings. The Labute approximate surface area is 140 Å². The lowest BCUT2D eigenvalue weighted by molar-refractivity contribution is -0.138. The first-order valence-corrected chi connectivity index (χ1v) is 8.83. The number of nitrogens with zero attached hydrogens (tertiary/aromatic N) is 1. The summed E-state index contributed by atoms with van der Waals surface area (Å²) in [7, 11) is 1.67. The second-order valence-corrected chi connectivity index (χ2v) is 7.73. The molecule has 0 radical (unpaired) electrons. The monoisotopic (exact) mass is 334 g/mol. The normalized spacial score (nSPS) is 26.4. The minimum Gasteiger partial charge on any atom is -0.380 e. The number of methoxy groups -OCH3 is 1. The largest absolute Gasteiger partial charge is 0.380 e. The Morgan fingerprint density at radius 2 is 2.09 bits per heavy atom. The topological polar surface area (TPSA) is 58.6 Å². The molecule has 2 heterocycles. The van der Waals surface area contributed by atoms with Crippen molar-refractivity contribution < 1.29 is 14.3 Å². The van der Waals surface area contributed by atoms with Gasteiger partial charge in [-0.05, 0) is 24.5 Å². The molecule has 2 amide bonds. The van der Waals surface area contributed by atoms with Crippen LogP contribution in [0.1, 0.15) is 30.9 Å². The van der Waals surface area contributed by atoms with Crippen molar-refractivity contribution in [2.24, 2.45) is 0 Å². The zero-order chi connectivity index (χ0) is 16.4. The number of hydrogen-bond donors (Lipinski definition) is 1. The second-order valence-electron chi connectivity index (χ2n) is 6.23. The molecule has 2 unspecified atom stereocenters. The highest BCUT2D eigenvalue weighted by Crippen LogP contribution is 2.47. The predicted molar refractivity (Wildman–Crippen MR) is 89.7 cm³/mol. The zero-order valence-electron chi connectivity index (χ0n) is 13.5. The molecule has 2 saturated heterocycles. The van der Waals surface area contributed by atoms with Gasteiger partial charge in [0, 0.05) is 25.8 Å². The lowest BCUT2D eigenvalue weighted by Gasteiger charge is -2.29. The van der Waals surface area contributed by atoms with Crippen molar-refractivity contribution in [1.82, 2.24) is 10.2 Å². The van der Waals surface area contributed by atoms with Crippen LogP contribution in [0.3, 0.4) is 0 Å². The van der Waals surface area contributed by atoms with E-state index in [1.54, 1.807) is 23.8 Å². The molecule has 0 bridgehead atoms. The van der Waals surface area contributed by atoms with Gasteiger partial charge < -0.3 is 15.0 Å². The molecule has 2 aliphatic heterocycles. The predicted octanol–water partition coefficient (Wildman–Crippen LogP) is 1.90. The standard InChI is InChI=1S/C17H22N2O3S/c1-17-8-7-15(20)19(17)14(11-23-17)16(21)18-9-12-3-5-13(6-4-12)10-22-2/h3-6,14H,7-11H2,1-2H3,(H,18,21). The van der Waals surface area contributed by atoms with Crippen LogP contribution in [0, 0.1) is 0 Å². The molecule has 0 aromatic heterocycles. The van der Waals surface area contributed by atoms with E-state index >= 15 is 0 Å². The Kier molecular flexibility index (Phi) is 4.64. The van der Waals surface area contributed by atoms with Gasteiger partial charge in [-0.1, -0.05) is 24.3 Å². The van der Waals surface area contributed by atoms with Gasteiger partial charge in [-0.15, -0.1) is 11.8 Å². The lowest BCUT2D eigenvalue weighted by atomic mass is 10.1. The number of carbonyl (C=O) groups is 2. The van der Waals surface area contributed by atoms with E-state index in [4.69, 9.17) is 4.74 Å². The Hall–Kier alpha value is -1.53. The summed E-state index contributed by atoms with van der Waals surface area (Å²) in [6, 6.07) is 7.63. The number of hydrogen-bond acceptors (Lipinski definition) is 4. The van der Waals surface area contributed by atoms with Crippen LogP contribution in [0.4, 0.5) is 0 Å². The number of carbonyl (C=O) groups excluding carboxylic acids is 2. The quantitative estimate of drug-likeness (QED) is 0.893. The van der Waals surface area contributed by atoms with Crippen LogP contribution in [-0.2, 0) is 27.5 Å². The molecular formula is C17H22N2O3S. The van der Waals surface area contributed by atoms with Gasteiger partial charge in [0.2, 0.25) is 11.8 Å². The number of thioether (sulfide) groups is 1. The molecule has 5 nitrogen and oxygen atoms in total. The molecule has 1 N–H and O–H groups in total. The van der Waals surface area contributed by atoms with E-state index in [0.29, 0.717) is 25.3 Å². The number of ether oxygens (including phenoxy) is 1. The summed E-state index contributed by atoms with van der Waals surface area (Å²) in [4.78, 5) is 26.1. The molecule has 0 spiro atoms. The summed E-state index contributed by atoms with van der Waals surface area (Å²) in [6.07, 6.45) is 1.38. The minimum atomic E-state index is -0.340. The fraction of sp³-hybridized carbons (Fsp3) is 0.529. The molecule has 1 aromatic carbocycles. The van der Waals surface area contributed by atoms with Crippen LogP contribution >= 0.6 is 11.8 Å². The summed E-state index contributed by atoms with van der Waals surface area (Å²) in [5.74, 6) is 0.722. The van der Waals surface area contributed by atoms with Crippen LogP contribution in [0.2, 0.25) is 0 Å². The smallest absolute Gasteiger partial charge is 0.243 e. The molecule has 6 heteroatoms. The van der Waals surface area contributed by atoms with Crippen molar-refractivity contribution in [2.45, 2.75) is 43.8 Å². The zero-order valence-corrected chi connectivity index (χ0v) is 14.3. The van der Waals surface area contributed by atoms with Crippen LogP contribution in [0.5, 0.6) is 0 Å². The fourth-order valence-electron chi connectivity index (χ4n) is 3.24. The molecular weight excluding hydrogens is 312 g/mol. The summed E-state index contributed by atoms with van der Waals surface area (Å²) >= 11 is 1.71. The minimum absolute atomic E-state index is 0.0579. The van der Waals surface area contributed by atoms with Crippen LogP contribution < -0.4 is 5.32 Å². The molecule has 124 valence electrons. The van der Waals surface area contributed by atoms with Crippen molar-refractivity contribution in [2.75, 3.05) is 12.9 Å². The molecule has 3 rings (SSSR count). The molecule has 1 aromatic rings. The van der Waals surface area contributed by atoms with Crippen molar-refractivity contribution in [1.29, 1.82) is 0 Å². The van der Waals surface area contributed by atoms with E-state index in [9.17, 15) is 9.59 Å². The van der Waals surface area contributed by atoms with E-state index in [1.807, 2.05) is 24.3 Å². The number of amides is 2. The van der Waals surface area contributed by atoms with Gasteiger partial charge >= 0.3 is 0 Å². The van der Waals surface area contributed by atoms with E-state index in [-0.39, 0.29) is 22.7 Å². The highest BCUT2D eigenvalue weighted by molar-refractivity contribution is 8.01. The number of fused-ring (bicyclic) bond motifs is 1. The molecule has 23 heavy (non-hydrogen) atoms. The third-order valence-electron chi connectivity index (χ3n) is 4.55. The first-order valence-electron chi connectivity index (χ1n) is 7.84. The van der Waals surface area contributed by atoms with Crippen molar-refractivity contribution in [3.63, 3.8) is 0 Å². The SMILES string of the molecule is COCc1ccc(CNC(=O)C2CSC3(C)CCC(=O)N23)cc1. The molecule has 0 aliphatic carbocycles. The van der Waals surface area contributed by atoms with Gasteiger partial charge in [0.05, 0.1) is 11.5 Å². The molecule has 2 fully saturated rings. The Morgan fingerprint density at radius 3 is 2.78 bits per heavy atom. The number of benzene rings is 1. The number of nitrogens with one attached hydrogen (secondary N) is 1. The first kappa shape index (κ1) is 16.3. The van der Waals surface area contributed by atoms with E-state index < -0.39 is 0 Å². The summed E-state index contributed by atoms with van der Waals surface area (Å²) in [5.41, 5.74) is 2.15. The Bertz CT molecular complexity index is 604. The van der Waals surface area contributed by atoms with Gasteiger partial charge in [0.1, 0.15) is 6.04 Å². The first-order chi connectivity index (χ1) is 11.0. The van der Waals surface area contributed by atoms with Crippen molar-refractivity contribution in [3.05, 3.63) is 35.4 Å². The summed E-state index contributed by atoms with van der Waals surface area (Å²) < 4.78 is 5.08. The highest BCUT2D eigenvalue weighted by atomic mass is 32.2. The Morgan fingerprint density at radius 1 is 1.39 bits per heavy atom. The Balaban J connectivity index is 1.58. The third-order valence-corrected chi connectivity index (χ3v) is 6.05. The van der Waals surface area contributed by atoms with Gasteiger partial charge in [-0.25, -0.2) is 0 Å². The molecule has 2 atom stereocenters. The van der Waals surface area contributed by atoms with Crippen LogP contribution in [0.15, 0.2) is 24.3 Å². The van der Waals surface area contributed by atoms with E-state index in [1.165, 1.54) is 0 Å². The fourth-order valence-corrected chi connectivity index (χ4v) is 4.67. The van der Waals surface area contributed by atoms with Crippen molar-refractivity contribution in [3.8, 4) is 0 Å². The maximum Gasteiger partial charge on any atom is 0.243 e. The van der Waals surface area contributed by atoms with E-state index in [0.717, 1.165) is 17.5 Å². The maximum atomic E-state index is 12.5. The van der Waals surface area contributed by atoms with E-state index in [2.05, 4.69) is 12.2 Å².